The lowest BCUT2D eigenvalue weighted by atomic mass is 10.1. The minimum absolute atomic E-state index is 0.140. The quantitative estimate of drug-likeness (QED) is 0.836. The Bertz CT molecular complexity index is 406. The second kappa shape index (κ2) is 6.54. The molecule has 1 fully saturated rings. The van der Waals surface area contributed by atoms with Crippen molar-refractivity contribution in [2.75, 3.05) is 6.61 Å². The first kappa shape index (κ1) is 13.8. The predicted octanol–water partition coefficient (Wildman–Crippen LogP) is 1.49. The molecule has 2 rings (SSSR count). The van der Waals surface area contributed by atoms with Gasteiger partial charge in [-0.2, -0.15) is 0 Å². The number of benzene rings is 1. The molecule has 0 radical (unpaired) electrons. The highest BCUT2D eigenvalue weighted by Crippen LogP contribution is 2.23. The van der Waals surface area contributed by atoms with Crippen molar-refractivity contribution in [1.82, 2.24) is 0 Å². The van der Waals surface area contributed by atoms with E-state index < -0.39 is 12.4 Å². The number of aliphatic hydroxyl groups is 1. The minimum Gasteiger partial charge on any atom is -0.465 e. The maximum atomic E-state index is 10.8. The third-order valence-electron chi connectivity index (χ3n) is 2.83. The summed E-state index contributed by atoms with van der Waals surface area (Å²) in [6.45, 7) is 1.48. The van der Waals surface area contributed by atoms with Gasteiger partial charge in [0.25, 0.3) is 0 Å². The van der Waals surface area contributed by atoms with Crippen LogP contribution in [0.5, 0.6) is 5.75 Å². The molecule has 3 atom stereocenters. The van der Waals surface area contributed by atoms with Crippen LogP contribution in [0.15, 0.2) is 30.3 Å². The van der Waals surface area contributed by atoms with Crippen LogP contribution in [-0.4, -0.2) is 36.2 Å². The molecular weight excluding hydrogens is 248 g/mol. The molecule has 0 bridgehead atoms. The first-order chi connectivity index (χ1) is 9.13. The third-order valence-corrected chi connectivity index (χ3v) is 2.83. The molecule has 104 valence electrons. The molecular formula is C14H18O5. The zero-order valence-electron chi connectivity index (χ0n) is 10.8. The molecule has 5 nitrogen and oxygen atoms in total. The van der Waals surface area contributed by atoms with E-state index in [1.54, 1.807) is 0 Å². The number of hydrogen-bond acceptors (Lipinski definition) is 5. The lowest BCUT2D eigenvalue weighted by Gasteiger charge is -2.32. The Morgan fingerprint density at radius 3 is 2.79 bits per heavy atom. The van der Waals surface area contributed by atoms with Crippen LogP contribution >= 0.6 is 0 Å². The van der Waals surface area contributed by atoms with E-state index in [9.17, 15) is 9.90 Å². The molecule has 1 aromatic carbocycles. The Labute approximate surface area is 112 Å². The SMILES string of the molecule is CC(=O)OCC1CC(O)CC(Oc2ccccc2)O1. The van der Waals surface area contributed by atoms with E-state index in [0.717, 1.165) is 0 Å². The molecule has 0 aliphatic carbocycles. The molecule has 1 saturated heterocycles. The first-order valence-electron chi connectivity index (χ1n) is 6.32. The Balaban J connectivity index is 1.88. The van der Waals surface area contributed by atoms with Crippen LogP contribution in [0, 0.1) is 0 Å². The van der Waals surface area contributed by atoms with Crippen molar-refractivity contribution in [1.29, 1.82) is 0 Å². The fourth-order valence-electron chi connectivity index (χ4n) is 1.99. The number of esters is 1. The highest BCUT2D eigenvalue weighted by atomic mass is 16.7. The Morgan fingerprint density at radius 2 is 2.11 bits per heavy atom. The lowest BCUT2D eigenvalue weighted by molar-refractivity contribution is -0.192. The molecule has 5 heteroatoms. The summed E-state index contributed by atoms with van der Waals surface area (Å²) in [4.78, 5) is 10.8. The molecule has 0 amide bonds. The highest BCUT2D eigenvalue weighted by molar-refractivity contribution is 5.65. The van der Waals surface area contributed by atoms with E-state index in [4.69, 9.17) is 14.2 Å². The van der Waals surface area contributed by atoms with E-state index in [1.165, 1.54) is 6.92 Å². The van der Waals surface area contributed by atoms with Crippen molar-refractivity contribution in [2.24, 2.45) is 0 Å². The summed E-state index contributed by atoms with van der Waals surface area (Å²) in [6, 6.07) is 9.28. The molecule has 1 aliphatic rings. The van der Waals surface area contributed by atoms with Crippen molar-refractivity contribution >= 4 is 5.97 Å². The maximum absolute atomic E-state index is 10.8. The normalized spacial score (nSPS) is 26.7. The minimum atomic E-state index is -0.522. The van der Waals surface area contributed by atoms with Crippen LogP contribution in [0.1, 0.15) is 19.8 Å². The number of rotatable bonds is 4. The summed E-state index contributed by atoms with van der Waals surface area (Å²) in [7, 11) is 0. The summed E-state index contributed by atoms with van der Waals surface area (Å²) in [5.41, 5.74) is 0. The molecule has 1 heterocycles. The van der Waals surface area contributed by atoms with Crippen LogP contribution in [-0.2, 0) is 14.3 Å². The van der Waals surface area contributed by atoms with Crippen molar-refractivity contribution in [3.05, 3.63) is 30.3 Å². The van der Waals surface area contributed by atoms with Gasteiger partial charge in [0, 0.05) is 19.8 Å². The third kappa shape index (κ3) is 4.54. The first-order valence-corrected chi connectivity index (χ1v) is 6.32. The summed E-state index contributed by atoms with van der Waals surface area (Å²) in [5, 5.41) is 9.79. The number of ether oxygens (including phenoxy) is 3. The van der Waals surface area contributed by atoms with Gasteiger partial charge >= 0.3 is 5.97 Å². The van der Waals surface area contributed by atoms with Gasteiger partial charge in [-0.3, -0.25) is 4.79 Å². The Hall–Kier alpha value is -1.59. The van der Waals surface area contributed by atoms with E-state index in [1.807, 2.05) is 30.3 Å². The maximum Gasteiger partial charge on any atom is 0.302 e. The van der Waals surface area contributed by atoms with Crippen molar-refractivity contribution < 1.29 is 24.1 Å². The lowest BCUT2D eigenvalue weighted by Crippen LogP contribution is -2.41. The average molecular weight is 266 g/mol. The van der Waals surface area contributed by atoms with E-state index in [2.05, 4.69) is 0 Å². The zero-order chi connectivity index (χ0) is 13.7. The molecule has 0 spiro atoms. The smallest absolute Gasteiger partial charge is 0.302 e. The average Bonchev–Trinajstić information content (AvgIpc) is 2.37. The summed E-state index contributed by atoms with van der Waals surface area (Å²) in [5.74, 6) is 0.331. The van der Waals surface area contributed by atoms with Crippen LogP contribution in [0.3, 0.4) is 0 Å². The van der Waals surface area contributed by atoms with Gasteiger partial charge in [-0.1, -0.05) is 18.2 Å². The fraction of sp³-hybridized carbons (Fsp3) is 0.500. The van der Waals surface area contributed by atoms with Crippen molar-refractivity contribution in [3.63, 3.8) is 0 Å². The number of carbonyl (C=O) groups excluding carboxylic acids is 1. The standard InChI is InChI=1S/C14H18O5/c1-10(15)17-9-13-7-11(16)8-14(19-13)18-12-5-3-2-4-6-12/h2-6,11,13-14,16H,7-9H2,1H3. The zero-order valence-corrected chi connectivity index (χ0v) is 10.8. The van der Waals surface area contributed by atoms with E-state index >= 15 is 0 Å². The second-order valence-corrected chi connectivity index (χ2v) is 4.55. The van der Waals surface area contributed by atoms with Gasteiger partial charge in [-0.05, 0) is 12.1 Å². The van der Waals surface area contributed by atoms with E-state index in [0.29, 0.717) is 18.6 Å². The molecule has 1 aromatic rings. The highest BCUT2D eigenvalue weighted by Gasteiger charge is 2.30. The van der Waals surface area contributed by atoms with Gasteiger partial charge in [0.05, 0.1) is 12.2 Å². The summed E-state index contributed by atoms with van der Waals surface area (Å²) >= 11 is 0. The second-order valence-electron chi connectivity index (χ2n) is 4.55. The monoisotopic (exact) mass is 266 g/mol. The van der Waals surface area contributed by atoms with Crippen LogP contribution in [0.2, 0.25) is 0 Å². The van der Waals surface area contributed by atoms with E-state index in [-0.39, 0.29) is 18.7 Å². The largest absolute Gasteiger partial charge is 0.465 e. The Morgan fingerprint density at radius 1 is 1.37 bits per heavy atom. The van der Waals surface area contributed by atoms with Gasteiger partial charge in [0.1, 0.15) is 12.4 Å². The molecule has 1 aliphatic heterocycles. The van der Waals surface area contributed by atoms with Crippen LogP contribution in [0.4, 0.5) is 0 Å². The molecule has 0 aromatic heterocycles. The molecule has 3 unspecified atom stereocenters. The van der Waals surface area contributed by atoms with Gasteiger partial charge in [-0.25, -0.2) is 0 Å². The number of aliphatic hydroxyl groups excluding tert-OH is 1. The number of carbonyl (C=O) groups is 1. The summed E-state index contributed by atoms with van der Waals surface area (Å²) < 4.78 is 16.2. The van der Waals surface area contributed by atoms with Crippen LogP contribution < -0.4 is 4.74 Å². The summed E-state index contributed by atoms with van der Waals surface area (Å²) in [6.07, 6.45) is -0.510. The van der Waals surface area contributed by atoms with Crippen molar-refractivity contribution in [3.8, 4) is 5.75 Å². The topological polar surface area (TPSA) is 65.0 Å². The van der Waals surface area contributed by atoms with Crippen LogP contribution in [0.25, 0.3) is 0 Å². The fourth-order valence-corrected chi connectivity index (χ4v) is 1.99. The van der Waals surface area contributed by atoms with Gasteiger partial charge < -0.3 is 19.3 Å². The predicted molar refractivity (Wildman–Crippen MR) is 67.6 cm³/mol. The number of para-hydroxylation sites is 1. The molecule has 0 saturated carbocycles. The molecule has 1 N–H and O–H groups in total. The van der Waals surface area contributed by atoms with Gasteiger partial charge in [0.2, 0.25) is 6.29 Å². The van der Waals surface area contributed by atoms with Gasteiger partial charge in [-0.15, -0.1) is 0 Å². The van der Waals surface area contributed by atoms with Crippen molar-refractivity contribution in [2.45, 2.75) is 38.3 Å². The van der Waals surface area contributed by atoms with Gasteiger partial charge in [0.15, 0.2) is 0 Å². The number of hydrogen-bond donors (Lipinski definition) is 1. The Kier molecular flexibility index (Phi) is 4.76. The molecule has 19 heavy (non-hydrogen) atoms.